The van der Waals surface area contributed by atoms with E-state index in [1.165, 1.54) is 6.07 Å². The predicted molar refractivity (Wildman–Crippen MR) is 118 cm³/mol. The molecule has 2 aromatic carbocycles. The van der Waals surface area contributed by atoms with Crippen LogP contribution in [0.4, 0.5) is 11.4 Å². The molecule has 0 bridgehead atoms. The van der Waals surface area contributed by atoms with E-state index < -0.39 is 10.8 Å². The summed E-state index contributed by atoms with van der Waals surface area (Å²) < 4.78 is 5.57. The number of carbonyl (C=O) groups excluding carboxylic acids is 1. The number of para-hydroxylation sites is 1. The zero-order valence-corrected chi connectivity index (χ0v) is 17.3. The Kier molecular flexibility index (Phi) is 5.56. The molecule has 10 heteroatoms. The monoisotopic (exact) mass is 444 g/mol. The molecule has 30 heavy (non-hydrogen) atoms. The molecule has 1 aliphatic heterocycles. The number of anilines is 1. The van der Waals surface area contributed by atoms with Gasteiger partial charge in [0.2, 0.25) is 0 Å². The molecule has 0 radical (unpaired) electrons. The summed E-state index contributed by atoms with van der Waals surface area (Å²) in [6.45, 7) is 2.06. The Hall–Kier alpha value is -3.17. The fraction of sp³-hybridized carbons (Fsp3) is 0.200. The van der Waals surface area contributed by atoms with Crippen molar-refractivity contribution in [3.63, 3.8) is 0 Å². The van der Waals surface area contributed by atoms with E-state index >= 15 is 0 Å². The molecule has 1 saturated heterocycles. The first-order chi connectivity index (χ1) is 14.4. The Morgan fingerprint density at radius 3 is 2.57 bits per heavy atom. The van der Waals surface area contributed by atoms with Gasteiger partial charge in [-0.2, -0.15) is 0 Å². The number of thiocarbonyl (C=S) groups is 1. The molecule has 0 saturated carbocycles. The second-order valence-corrected chi connectivity index (χ2v) is 7.60. The molecule has 0 aliphatic carbocycles. The molecule has 1 amide bonds. The van der Waals surface area contributed by atoms with Crippen LogP contribution in [0, 0.1) is 10.1 Å². The topological polar surface area (TPSA) is 91.9 Å². The lowest BCUT2D eigenvalue weighted by molar-refractivity contribution is -0.384. The van der Waals surface area contributed by atoms with Crippen molar-refractivity contribution in [3.05, 3.63) is 69.4 Å². The van der Waals surface area contributed by atoms with Gasteiger partial charge in [0.1, 0.15) is 11.3 Å². The molecular formula is C20H17ClN4O4S. The van der Waals surface area contributed by atoms with Gasteiger partial charge in [0.15, 0.2) is 10.9 Å². The van der Waals surface area contributed by atoms with Crippen molar-refractivity contribution in [1.82, 2.24) is 10.2 Å². The molecule has 0 spiro atoms. The number of amides is 1. The van der Waals surface area contributed by atoms with Crippen LogP contribution in [0.15, 0.2) is 52.9 Å². The third-order valence-electron chi connectivity index (χ3n) is 4.91. The highest BCUT2D eigenvalue weighted by atomic mass is 35.5. The van der Waals surface area contributed by atoms with Gasteiger partial charge in [-0.15, -0.1) is 0 Å². The minimum absolute atomic E-state index is 0.0308. The van der Waals surface area contributed by atoms with Gasteiger partial charge in [0, 0.05) is 42.7 Å². The van der Waals surface area contributed by atoms with E-state index in [0.29, 0.717) is 47.6 Å². The van der Waals surface area contributed by atoms with Crippen molar-refractivity contribution < 1.29 is 14.1 Å². The molecule has 2 heterocycles. The van der Waals surface area contributed by atoms with Gasteiger partial charge in [-0.25, -0.2) is 0 Å². The molecular weight excluding hydrogens is 428 g/mol. The standard InChI is InChI=1S/C20H17ClN4O4S/c21-14-5-6-15(16(12-14)25(27)28)23-7-9-24(10-8-23)20(30)22-19(26)18-11-13-3-1-2-4-17(13)29-18/h1-6,11-12H,7-10H2,(H,22,26,30). The number of nitrogens with one attached hydrogen (secondary N) is 1. The second kappa shape index (κ2) is 8.29. The number of benzene rings is 2. The van der Waals surface area contributed by atoms with Crippen molar-refractivity contribution in [3.8, 4) is 0 Å². The number of fused-ring (bicyclic) bond motifs is 1. The van der Waals surface area contributed by atoms with E-state index in [-0.39, 0.29) is 11.4 Å². The SMILES string of the molecule is O=C(NC(=S)N1CCN(c2ccc(Cl)cc2[N+](=O)[O-])CC1)c1cc2ccccc2o1. The first-order valence-corrected chi connectivity index (χ1v) is 9.99. The van der Waals surface area contributed by atoms with Crippen LogP contribution in [0.5, 0.6) is 0 Å². The number of nitro groups is 1. The number of halogens is 1. The maximum Gasteiger partial charge on any atom is 0.294 e. The zero-order chi connectivity index (χ0) is 21.3. The average Bonchev–Trinajstić information content (AvgIpc) is 3.18. The van der Waals surface area contributed by atoms with Gasteiger partial charge in [0.25, 0.3) is 11.6 Å². The van der Waals surface area contributed by atoms with Crippen LogP contribution in [0.2, 0.25) is 5.02 Å². The smallest absolute Gasteiger partial charge is 0.294 e. The van der Waals surface area contributed by atoms with E-state index in [1.54, 1.807) is 24.3 Å². The summed E-state index contributed by atoms with van der Waals surface area (Å²) in [5.41, 5.74) is 1.12. The van der Waals surface area contributed by atoms with E-state index in [9.17, 15) is 14.9 Å². The molecule has 154 valence electrons. The van der Waals surface area contributed by atoms with Crippen molar-refractivity contribution in [1.29, 1.82) is 0 Å². The molecule has 1 fully saturated rings. The largest absolute Gasteiger partial charge is 0.451 e. The Balaban J connectivity index is 1.39. The van der Waals surface area contributed by atoms with Gasteiger partial charge >= 0.3 is 0 Å². The minimum atomic E-state index is -0.439. The number of nitro benzene ring substituents is 1. The van der Waals surface area contributed by atoms with E-state index in [1.807, 2.05) is 28.0 Å². The highest BCUT2D eigenvalue weighted by Crippen LogP contribution is 2.31. The zero-order valence-electron chi connectivity index (χ0n) is 15.7. The predicted octanol–water partition coefficient (Wildman–Crippen LogP) is 3.83. The van der Waals surface area contributed by atoms with Crippen LogP contribution in [-0.4, -0.2) is 47.0 Å². The quantitative estimate of drug-likeness (QED) is 0.373. The fourth-order valence-corrected chi connectivity index (χ4v) is 3.83. The maximum atomic E-state index is 12.5. The molecule has 3 aromatic rings. The molecule has 0 unspecified atom stereocenters. The summed E-state index contributed by atoms with van der Waals surface area (Å²) in [6.07, 6.45) is 0. The lowest BCUT2D eigenvalue weighted by atomic mass is 10.2. The first kappa shape index (κ1) is 20.1. The summed E-state index contributed by atoms with van der Waals surface area (Å²) in [7, 11) is 0. The van der Waals surface area contributed by atoms with Crippen LogP contribution in [-0.2, 0) is 0 Å². The third-order valence-corrected chi connectivity index (χ3v) is 5.51. The average molecular weight is 445 g/mol. The highest BCUT2D eigenvalue weighted by Gasteiger charge is 2.26. The van der Waals surface area contributed by atoms with Crippen LogP contribution in [0.25, 0.3) is 11.0 Å². The Bertz CT molecular complexity index is 1110. The Morgan fingerprint density at radius 2 is 1.87 bits per heavy atom. The van der Waals surface area contributed by atoms with Crippen LogP contribution in [0.1, 0.15) is 10.6 Å². The summed E-state index contributed by atoms with van der Waals surface area (Å²) in [4.78, 5) is 27.2. The van der Waals surface area contributed by atoms with E-state index in [0.717, 1.165) is 5.39 Å². The molecule has 0 atom stereocenters. The van der Waals surface area contributed by atoms with Crippen molar-refractivity contribution in [2.75, 3.05) is 31.1 Å². The number of furan rings is 1. The van der Waals surface area contributed by atoms with Gasteiger partial charge in [-0.3, -0.25) is 20.2 Å². The van der Waals surface area contributed by atoms with Gasteiger partial charge in [-0.1, -0.05) is 29.8 Å². The number of nitrogens with zero attached hydrogens (tertiary/aromatic N) is 3. The summed E-state index contributed by atoms with van der Waals surface area (Å²) in [6, 6.07) is 13.7. The lowest BCUT2D eigenvalue weighted by Crippen LogP contribution is -2.52. The molecule has 8 nitrogen and oxygen atoms in total. The van der Waals surface area contributed by atoms with Gasteiger partial charge in [0.05, 0.1) is 4.92 Å². The lowest BCUT2D eigenvalue weighted by Gasteiger charge is -2.36. The summed E-state index contributed by atoms with van der Waals surface area (Å²) >= 11 is 11.3. The number of hydrogen-bond donors (Lipinski definition) is 1. The van der Waals surface area contributed by atoms with Crippen LogP contribution < -0.4 is 10.2 Å². The molecule has 1 aromatic heterocycles. The van der Waals surface area contributed by atoms with Gasteiger partial charge < -0.3 is 14.2 Å². The normalized spacial score (nSPS) is 14.0. The van der Waals surface area contributed by atoms with Crippen molar-refractivity contribution in [2.24, 2.45) is 0 Å². The number of hydrogen-bond acceptors (Lipinski definition) is 6. The number of piperazine rings is 1. The summed E-state index contributed by atoms with van der Waals surface area (Å²) in [5, 5.41) is 15.5. The van der Waals surface area contributed by atoms with E-state index in [4.69, 9.17) is 28.2 Å². The third kappa shape index (κ3) is 4.07. The Labute approximate surface area is 182 Å². The maximum absolute atomic E-state index is 12.5. The fourth-order valence-electron chi connectivity index (χ4n) is 3.39. The minimum Gasteiger partial charge on any atom is -0.451 e. The molecule has 1 N–H and O–H groups in total. The van der Waals surface area contributed by atoms with Crippen LogP contribution in [0.3, 0.4) is 0 Å². The number of rotatable bonds is 3. The highest BCUT2D eigenvalue weighted by molar-refractivity contribution is 7.80. The summed E-state index contributed by atoms with van der Waals surface area (Å²) in [5.74, 6) is -0.221. The molecule has 4 rings (SSSR count). The molecule has 1 aliphatic rings. The van der Waals surface area contributed by atoms with Crippen LogP contribution >= 0.6 is 23.8 Å². The number of carbonyl (C=O) groups is 1. The second-order valence-electron chi connectivity index (χ2n) is 6.77. The van der Waals surface area contributed by atoms with E-state index in [2.05, 4.69) is 5.32 Å². The van der Waals surface area contributed by atoms with Crippen molar-refractivity contribution in [2.45, 2.75) is 0 Å². The Morgan fingerprint density at radius 1 is 1.13 bits per heavy atom. The van der Waals surface area contributed by atoms with Gasteiger partial charge in [-0.05, 0) is 36.5 Å². The van der Waals surface area contributed by atoms with Crippen molar-refractivity contribution >= 4 is 57.2 Å². The first-order valence-electron chi connectivity index (χ1n) is 9.20.